The summed E-state index contributed by atoms with van der Waals surface area (Å²) in [7, 11) is 0. The van der Waals surface area contributed by atoms with Crippen LogP contribution in [0.15, 0.2) is 34.7 Å². The minimum absolute atomic E-state index is 0.0614. The SMILES string of the molecule is C[C@@](N)(Cc1ccccc1)c1nnc(C2CCC(=O)C2)o1. The van der Waals surface area contributed by atoms with Crippen LogP contribution >= 0.6 is 0 Å². The van der Waals surface area contributed by atoms with E-state index in [0.29, 0.717) is 31.0 Å². The van der Waals surface area contributed by atoms with Gasteiger partial charge in [0.15, 0.2) is 0 Å². The number of carbonyl (C=O) groups excluding carboxylic acids is 1. The number of hydrogen-bond acceptors (Lipinski definition) is 5. The summed E-state index contributed by atoms with van der Waals surface area (Å²) in [6, 6.07) is 9.99. The van der Waals surface area contributed by atoms with Crippen molar-refractivity contribution < 1.29 is 9.21 Å². The molecule has 1 saturated carbocycles. The second-order valence-electron chi connectivity index (χ2n) is 6.00. The zero-order valence-electron chi connectivity index (χ0n) is 12.1. The Morgan fingerprint density at radius 2 is 2.10 bits per heavy atom. The van der Waals surface area contributed by atoms with Crippen molar-refractivity contribution >= 4 is 5.78 Å². The van der Waals surface area contributed by atoms with Crippen LogP contribution in [0.25, 0.3) is 0 Å². The Kier molecular flexibility index (Phi) is 3.59. The van der Waals surface area contributed by atoms with E-state index in [9.17, 15) is 4.79 Å². The molecule has 0 bridgehead atoms. The monoisotopic (exact) mass is 285 g/mol. The maximum atomic E-state index is 11.4. The fourth-order valence-corrected chi connectivity index (χ4v) is 2.75. The lowest BCUT2D eigenvalue weighted by Crippen LogP contribution is -2.35. The van der Waals surface area contributed by atoms with Gasteiger partial charge in [0.25, 0.3) is 0 Å². The Morgan fingerprint density at radius 3 is 2.76 bits per heavy atom. The summed E-state index contributed by atoms with van der Waals surface area (Å²) < 4.78 is 5.75. The summed E-state index contributed by atoms with van der Waals surface area (Å²) in [5, 5.41) is 8.19. The third-order valence-electron chi connectivity index (χ3n) is 3.94. The van der Waals surface area contributed by atoms with E-state index in [4.69, 9.17) is 10.2 Å². The molecule has 1 aromatic heterocycles. The van der Waals surface area contributed by atoms with Gasteiger partial charge in [0.05, 0.1) is 5.54 Å². The zero-order chi connectivity index (χ0) is 14.9. The molecule has 5 nitrogen and oxygen atoms in total. The van der Waals surface area contributed by atoms with Crippen LogP contribution in [0.5, 0.6) is 0 Å². The van der Waals surface area contributed by atoms with Gasteiger partial charge in [0.2, 0.25) is 11.8 Å². The molecule has 2 atom stereocenters. The number of nitrogens with two attached hydrogens (primary N) is 1. The molecular formula is C16H19N3O2. The normalized spacial score (nSPS) is 21.4. The maximum Gasteiger partial charge on any atom is 0.236 e. The van der Waals surface area contributed by atoms with E-state index < -0.39 is 5.54 Å². The van der Waals surface area contributed by atoms with E-state index in [1.165, 1.54) is 0 Å². The molecule has 0 amide bonds. The maximum absolute atomic E-state index is 11.4. The van der Waals surface area contributed by atoms with Crippen LogP contribution < -0.4 is 5.73 Å². The van der Waals surface area contributed by atoms with E-state index >= 15 is 0 Å². The molecule has 1 unspecified atom stereocenters. The van der Waals surface area contributed by atoms with Crippen molar-refractivity contribution in [1.82, 2.24) is 10.2 Å². The molecule has 110 valence electrons. The second-order valence-corrected chi connectivity index (χ2v) is 6.00. The minimum atomic E-state index is -0.713. The predicted octanol–water partition coefficient (Wildman–Crippen LogP) is 2.32. The molecule has 2 aromatic rings. The summed E-state index contributed by atoms with van der Waals surface area (Å²) in [6.45, 7) is 1.89. The van der Waals surface area contributed by atoms with Crippen molar-refractivity contribution in [1.29, 1.82) is 0 Å². The smallest absolute Gasteiger partial charge is 0.236 e. The van der Waals surface area contributed by atoms with E-state index in [0.717, 1.165) is 12.0 Å². The molecule has 0 spiro atoms. The van der Waals surface area contributed by atoms with Crippen LogP contribution in [-0.2, 0) is 16.8 Å². The number of Topliss-reactive ketones (excluding diaryl/α,β-unsaturated/α-hetero) is 1. The van der Waals surface area contributed by atoms with Crippen LogP contribution in [0.2, 0.25) is 0 Å². The van der Waals surface area contributed by atoms with Crippen molar-refractivity contribution in [2.24, 2.45) is 5.73 Å². The van der Waals surface area contributed by atoms with Crippen molar-refractivity contribution in [2.75, 3.05) is 0 Å². The summed E-state index contributed by atoms with van der Waals surface area (Å²) in [5.41, 5.74) is 6.76. The first-order chi connectivity index (χ1) is 10.0. The molecule has 1 heterocycles. The van der Waals surface area contributed by atoms with E-state index in [2.05, 4.69) is 10.2 Å². The van der Waals surface area contributed by atoms with Crippen LogP contribution in [0.4, 0.5) is 0 Å². The number of aromatic nitrogens is 2. The van der Waals surface area contributed by atoms with Crippen molar-refractivity contribution in [2.45, 2.75) is 44.1 Å². The number of carbonyl (C=O) groups is 1. The zero-order valence-corrected chi connectivity index (χ0v) is 12.1. The Balaban J connectivity index is 1.76. The Morgan fingerprint density at radius 1 is 1.33 bits per heavy atom. The highest BCUT2D eigenvalue weighted by atomic mass is 16.4. The third-order valence-corrected chi connectivity index (χ3v) is 3.94. The standard InChI is InChI=1S/C16H19N3O2/c1-16(17,10-11-5-3-2-4-6-11)15-19-18-14(21-15)12-7-8-13(20)9-12/h2-6,12H,7-10,17H2,1H3/t12?,16-/m1/s1. The van der Waals surface area contributed by atoms with Gasteiger partial charge in [-0.2, -0.15) is 0 Å². The van der Waals surface area contributed by atoms with Crippen molar-refractivity contribution in [3.8, 4) is 0 Å². The second kappa shape index (κ2) is 5.41. The summed E-state index contributed by atoms with van der Waals surface area (Å²) in [6.07, 6.45) is 2.52. The molecule has 5 heteroatoms. The molecule has 0 radical (unpaired) electrons. The Bertz CT molecular complexity index is 634. The van der Waals surface area contributed by atoms with Gasteiger partial charge in [-0.05, 0) is 25.3 Å². The quantitative estimate of drug-likeness (QED) is 0.932. The minimum Gasteiger partial charge on any atom is -0.423 e. The number of benzene rings is 1. The highest BCUT2D eigenvalue weighted by molar-refractivity contribution is 5.81. The molecule has 2 N–H and O–H groups in total. The summed E-state index contributed by atoms with van der Waals surface area (Å²) >= 11 is 0. The van der Waals surface area contributed by atoms with Gasteiger partial charge < -0.3 is 10.2 Å². The lowest BCUT2D eigenvalue weighted by molar-refractivity contribution is -0.117. The molecule has 0 aliphatic heterocycles. The van der Waals surface area contributed by atoms with Crippen molar-refractivity contribution in [3.63, 3.8) is 0 Å². The van der Waals surface area contributed by atoms with Gasteiger partial charge in [0, 0.05) is 18.8 Å². The Hall–Kier alpha value is -2.01. The number of hydrogen-bond donors (Lipinski definition) is 1. The lowest BCUT2D eigenvalue weighted by Gasteiger charge is -2.20. The highest BCUT2D eigenvalue weighted by Gasteiger charge is 2.32. The topological polar surface area (TPSA) is 82.0 Å². The molecule has 1 aliphatic rings. The van der Waals surface area contributed by atoms with Gasteiger partial charge in [-0.15, -0.1) is 10.2 Å². The highest BCUT2D eigenvalue weighted by Crippen LogP contribution is 2.32. The number of ketones is 1. The summed E-state index contributed by atoms with van der Waals surface area (Å²) in [4.78, 5) is 11.4. The molecule has 3 rings (SSSR count). The first-order valence-corrected chi connectivity index (χ1v) is 7.23. The van der Waals surface area contributed by atoms with Gasteiger partial charge in [-0.1, -0.05) is 30.3 Å². The van der Waals surface area contributed by atoms with Crippen LogP contribution in [0.1, 0.15) is 49.4 Å². The first kappa shape index (κ1) is 13.9. The van der Waals surface area contributed by atoms with E-state index in [-0.39, 0.29) is 11.7 Å². The van der Waals surface area contributed by atoms with E-state index in [1.807, 2.05) is 37.3 Å². The first-order valence-electron chi connectivity index (χ1n) is 7.23. The Labute approximate surface area is 123 Å². The molecule has 1 aromatic carbocycles. The molecular weight excluding hydrogens is 266 g/mol. The van der Waals surface area contributed by atoms with Gasteiger partial charge >= 0.3 is 0 Å². The van der Waals surface area contributed by atoms with Crippen LogP contribution in [-0.4, -0.2) is 16.0 Å². The largest absolute Gasteiger partial charge is 0.423 e. The number of nitrogens with zero attached hydrogens (tertiary/aromatic N) is 2. The van der Waals surface area contributed by atoms with Gasteiger partial charge in [-0.3, -0.25) is 4.79 Å². The summed E-state index contributed by atoms with van der Waals surface area (Å²) in [5.74, 6) is 1.30. The molecule has 1 fully saturated rings. The molecule has 21 heavy (non-hydrogen) atoms. The van der Waals surface area contributed by atoms with E-state index in [1.54, 1.807) is 0 Å². The van der Waals surface area contributed by atoms with Gasteiger partial charge in [0.1, 0.15) is 5.78 Å². The number of rotatable bonds is 4. The average Bonchev–Trinajstić information content (AvgIpc) is 3.08. The average molecular weight is 285 g/mol. The molecule has 0 saturated heterocycles. The fraction of sp³-hybridized carbons (Fsp3) is 0.438. The van der Waals surface area contributed by atoms with Crippen LogP contribution in [0.3, 0.4) is 0 Å². The molecule has 1 aliphatic carbocycles. The predicted molar refractivity (Wildman–Crippen MR) is 77.6 cm³/mol. The van der Waals surface area contributed by atoms with Crippen LogP contribution in [0, 0.1) is 0 Å². The third kappa shape index (κ3) is 3.03. The van der Waals surface area contributed by atoms with Gasteiger partial charge in [-0.25, -0.2) is 0 Å². The van der Waals surface area contributed by atoms with Crippen molar-refractivity contribution in [3.05, 3.63) is 47.7 Å². The fourth-order valence-electron chi connectivity index (χ4n) is 2.75. The lowest BCUT2D eigenvalue weighted by atomic mass is 9.94.